The maximum absolute atomic E-state index is 12.5. The number of nitrogens with two attached hydrogens (primary N) is 1. The normalized spacial score (nSPS) is 19.3. The molecule has 0 radical (unpaired) electrons. The van der Waals surface area contributed by atoms with Gasteiger partial charge in [0.15, 0.2) is 0 Å². The highest BCUT2D eigenvalue weighted by molar-refractivity contribution is 5.93. The Morgan fingerprint density at radius 2 is 1.79 bits per heavy atom. The van der Waals surface area contributed by atoms with Gasteiger partial charge in [0, 0.05) is 31.0 Å². The van der Waals surface area contributed by atoms with Crippen LogP contribution in [0, 0.1) is 0 Å². The van der Waals surface area contributed by atoms with E-state index in [1.165, 1.54) is 6.92 Å². The number of primary amides is 1. The van der Waals surface area contributed by atoms with Crippen LogP contribution in [-0.4, -0.2) is 47.2 Å². The molecule has 1 atom stereocenters. The number of carbonyl (C=O) groups excluding carboxylic acids is 3. The molecule has 3 amide bonds. The van der Waals surface area contributed by atoms with E-state index in [2.05, 4.69) is 15.6 Å². The lowest BCUT2D eigenvalue weighted by molar-refractivity contribution is -0.127. The van der Waals surface area contributed by atoms with Gasteiger partial charge in [-0.15, -0.1) is 0 Å². The van der Waals surface area contributed by atoms with Crippen LogP contribution in [-0.2, 0) is 19.8 Å². The van der Waals surface area contributed by atoms with Crippen LogP contribution >= 0.6 is 0 Å². The first-order chi connectivity index (χ1) is 13.9. The van der Waals surface area contributed by atoms with Crippen LogP contribution in [0.2, 0.25) is 0 Å². The maximum atomic E-state index is 12.5. The Morgan fingerprint density at radius 3 is 2.38 bits per heavy atom. The fraction of sp³-hybridized carbons (Fsp3) is 0.333. The predicted molar refractivity (Wildman–Crippen MR) is 110 cm³/mol. The summed E-state index contributed by atoms with van der Waals surface area (Å²) in [5.41, 5.74) is 6.81. The summed E-state index contributed by atoms with van der Waals surface area (Å²) in [6.45, 7) is 2.64. The van der Waals surface area contributed by atoms with E-state index in [9.17, 15) is 14.4 Å². The number of hydrogen-bond donors (Lipinski definition) is 3. The Morgan fingerprint density at radius 1 is 1.10 bits per heavy atom. The highest BCUT2D eigenvalue weighted by atomic mass is 16.2. The number of pyridine rings is 1. The number of likely N-dealkylation sites (tertiary alicyclic amines) is 1. The van der Waals surface area contributed by atoms with Gasteiger partial charge >= 0.3 is 0 Å². The number of hydrogen-bond acceptors (Lipinski definition) is 5. The molecule has 0 bridgehead atoms. The molecule has 0 saturated carbocycles. The average Bonchev–Trinajstić information content (AvgIpc) is 2.69. The first-order valence-electron chi connectivity index (χ1n) is 9.50. The summed E-state index contributed by atoms with van der Waals surface area (Å²) >= 11 is 0. The molecular weight excluding hydrogens is 370 g/mol. The molecule has 1 aromatic heterocycles. The first kappa shape index (κ1) is 20.5. The van der Waals surface area contributed by atoms with Crippen molar-refractivity contribution in [3.05, 3.63) is 54.4 Å². The van der Waals surface area contributed by atoms with Crippen LogP contribution in [0.3, 0.4) is 0 Å². The molecular formula is C21H25N5O3. The van der Waals surface area contributed by atoms with Gasteiger partial charge < -0.3 is 16.4 Å². The molecule has 8 heteroatoms. The number of piperidine rings is 1. The molecule has 29 heavy (non-hydrogen) atoms. The summed E-state index contributed by atoms with van der Waals surface area (Å²) in [4.78, 5) is 42.2. The van der Waals surface area contributed by atoms with Gasteiger partial charge in [-0.05, 0) is 55.8 Å². The van der Waals surface area contributed by atoms with E-state index in [0.717, 1.165) is 6.42 Å². The van der Waals surface area contributed by atoms with Crippen LogP contribution in [0.15, 0.2) is 48.7 Å². The summed E-state index contributed by atoms with van der Waals surface area (Å²) < 4.78 is 0. The van der Waals surface area contributed by atoms with Crippen molar-refractivity contribution < 1.29 is 14.4 Å². The second kappa shape index (κ2) is 8.83. The van der Waals surface area contributed by atoms with Crippen LogP contribution in [0.1, 0.15) is 25.5 Å². The Balaban J connectivity index is 1.64. The van der Waals surface area contributed by atoms with Crippen molar-refractivity contribution in [2.45, 2.75) is 25.2 Å². The van der Waals surface area contributed by atoms with E-state index in [1.54, 1.807) is 36.5 Å². The van der Waals surface area contributed by atoms with Crippen LogP contribution < -0.4 is 16.4 Å². The predicted octanol–water partition coefficient (Wildman–Crippen LogP) is 1.50. The van der Waals surface area contributed by atoms with Crippen molar-refractivity contribution in [1.29, 1.82) is 0 Å². The van der Waals surface area contributed by atoms with Gasteiger partial charge in [0.25, 0.3) is 0 Å². The Labute approximate surface area is 169 Å². The number of carbonyl (C=O) groups is 3. The molecule has 4 N–H and O–H groups in total. The lowest BCUT2D eigenvalue weighted by Gasteiger charge is -2.40. The van der Waals surface area contributed by atoms with Crippen molar-refractivity contribution >= 4 is 29.1 Å². The van der Waals surface area contributed by atoms with Gasteiger partial charge in [-0.25, -0.2) is 0 Å². The maximum Gasteiger partial charge on any atom is 0.238 e. The quantitative estimate of drug-likeness (QED) is 0.685. The summed E-state index contributed by atoms with van der Waals surface area (Å²) in [5, 5.41) is 5.52. The second-order valence-corrected chi connectivity index (χ2v) is 7.28. The highest BCUT2D eigenvalue weighted by Gasteiger charge is 2.43. The van der Waals surface area contributed by atoms with Crippen molar-refractivity contribution in [2.75, 3.05) is 30.3 Å². The summed E-state index contributed by atoms with van der Waals surface area (Å²) in [6.07, 6.45) is 3.01. The number of amides is 3. The van der Waals surface area contributed by atoms with Crippen LogP contribution in [0.5, 0.6) is 0 Å². The molecule has 0 spiro atoms. The Bertz CT molecular complexity index is 885. The largest absolute Gasteiger partial charge is 0.369 e. The number of benzene rings is 1. The van der Waals surface area contributed by atoms with Gasteiger partial charge in [-0.1, -0.05) is 6.07 Å². The second-order valence-electron chi connectivity index (χ2n) is 7.28. The summed E-state index contributed by atoms with van der Waals surface area (Å²) in [6, 6.07) is 12.3. The molecule has 1 saturated heterocycles. The highest BCUT2D eigenvalue weighted by Crippen LogP contribution is 2.32. The third kappa shape index (κ3) is 4.97. The number of anilines is 2. The molecule has 1 aromatic carbocycles. The van der Waals surface area contributed by atoms with E-state index in [-0.39, 0.29) is 18.4 Å². The van der Waals surface area contributed by atoms with E-state index in [0.29, 0.717) is 36.6 Å². The van der Waals surface area contributed by atoms with E-state index in [4.69, 9.17) is 5.73 Å². The van der Waals surface area contributed by atoms with Crippen LogP contribution in [0.4, 0.5) is 11.4 Å². The van der Waals surface area contributed by atoms with Gasteiger partial charge in [0.1, 0.15) is 5.41 Å². The van der Waals surface area contributed by atoms with E-state index >= 15 is 0 Å². The number of rotatable bonds is 6. The first-order valence-corrected chi connectivity index (χ1v) is 9.50. The molecule has 0 aliphatic carbocycles. The summed E-state index contributed by atoms with van der Waals surface area (Å²) in [7, 11) is 0. The zero-order valence-corrected chi connectivity index (χ0v) is 16.4. The SMILES string of the molecule is CC(=O)Nc1ccc(NC(=O)CN2CCC[C@@](C(N)=O)(c3ccccn3)C2)cc1. The fourth-order valence-corrected chi connectivity index (χ4v) is 3.71. The number of nitrogens with zero attached hydrogens (tertiary/aromatic N) is 2. The molecule has 2 aromatic rings. The zero-order chi connectivity index (χ0) is 20.9. The van der Waals surface area contributed by atoms with E-state index < -0.39 is 11.3 Å². The molecule has 1 fully saturated rings. The van der Waals surface area contributed by atoms with Gasteiger partial charge in [-0.2, -0.15) is 0 Å². The minimum atomic E-state index is -0.889. The monoisotopic (exact) mass is 395 g/mol. The van der Waals surface area contributed by atoms with Gasteiger partial charge in [-0.3, -0.25) is 24.3 Å². The minimum Gasteiger partial charge on any atom is -0.369 e. The Kier molecular flexibility index (Phi) is 6.23. The van der Waals surface area contributed by atoms with Crippen molar-refractivity contribution in [3.63, 3.8) is 0 Å². The van der Waals surface area contributed by atoms with Gasteiger partial charge in [0.2, 0.25) is 17.7 Å². The molecule has 3 rings (SSSR count). The van der Waals surface area contributed by atoms with Crippen LogP contribution in [0.25, 0.3) is 0 Å². The molecule has 0 unspecified atom stereocenters. The lowest BCUT2D eigenvalue weighted by atomic mass is 9.76. The third-order valence-corrected chi connectivity index (χ3v) is 5.05. The zero-order valence-electron chi connectivity index (χ0n) is 16.4. The lowest BCUT2D eigenvalue weighted by Crippen LogP contribution is -2.55. The summed E-state index contributed by atoms with van der Waals surface area (Å²) in [5.74, 6) is -0.758. The minimum absolute atomic E-state index is 0.148. The van der Waals surface area contributed by atoms with Crippen molar-refractivity contribution in [1.82, 2.24) is 9.88 Å². The smallest absolute Gasteiger partial charge is 0.238 e. The molecule has 152 valence electrons. The number of aromatic nitrogens is 1. The van der Waals surface area contributed by atoms with Crippen molar-refractivity contribution in [3.8, 4) is 0 Å². The Hall–Kier alpha value is -3.26. The standard InChI is InChI=1S/C21H25N5O3/c1-15(27)24-16-6-8-17(9-7-16)25-19(28)13-26-12-4-10-21(14-26,20(22)29)18-5-2-3-11-23-18/h2-3,5-9,11H,4,10,12-14H2,1H3,(H2,22,29)(H,24,27)(H,25,28)/t21-/m0/s1. The molecule has 1 aliphatic rings. The molecule has 1 aliphatic heterocycles. The average molecular weight is 395 g/mol. The van der Waals surface area contributed by atoms with Gasteiger partial charge in [0.05, 0.1) is 12.2 Å². The topological polar surface area (TPSA) is 117 Å². The van der Waals surface area contributed by atoms with E-state index in [1.807, 2.05) is 17.0 Å². The third-order valence-electron chi connectivity index (χ3n) is 5.05. The number of nitrogens with one attached hydrogen (secondary N) is 2. The fourth-order valence-electron chi connectivity index (χ4n) is 3.71. The van der Waals surface area contributed by atoms with Crippen molar-refractivity contribution in [2.24, 2.45) is 5.73 Å². The molecule has 8 nitrogen and oxygen atoms in total. The molecule has 2 heterocycles.